The molecule has 172 valence electrons. The van der Waals surface area contributed by atoms with E-state index < -0.39 is 11.6 Å². The number of hydrogen-bond acceptors (Lipinski definition) is 4. The van der Waals surface area contributed by atoms with Crippen LogP contribution >= 0.6 is 11.6 Å². The van der Waals surface area contributed by atoms with Crippen molar-refractivity contribution in [3.05, 3.63) is 82.9 Å². The number of ether oxygens (including phenoxy) is 1. The number of carbonyl (C=O) groups excluding carboxylic acids is 2. The smallest absolute Gasteiger partial charge is 0.332 e. The van der Waals surface area contributed by atoms with Crippen molar-refractivity contribution < 1.29 is 14.3 Å². The van der Waals surface area contributed by atoms with Crippen molar-refractivity contribution in [1.29, 1.82) is 0 Å². The Hall–Kier alpha value is -3.89. The molecule has 0 atom stereocenters. The molecule has 1 aliphatic rings. The summed E-state index contributed by atoms with van der Waals surface area (Å²) in [4.78, 5) is 36.5. The van der Waals surface area contributed by atoms with Crippen LogP contribution in [0.5, 0.6) is 5.75 Å². The fraction of sp³-hybridized carbons (Fsp3) is 0.231. The Morgan fingerprint density at radius 1 is 1.03 bits per heavy atom. The number of imide groups is 1. The van der Waals surface area contributed by atoms with E-state index in [0.29, 0.717) is 17.0 Å². The molecule has 0 aliphatic carbocycles. The zero-order valence-corrected chi connectivity index (χ0v) is 19.8. The Morgan fingerprint density at radius 3 is 2.32 bits per heavy atom. The molecule has 0 unspecified atom stereocenters. The summed E-state index contributed by atoms with van der Waals surface area (Å²) in [6.07, 6.45) is 3.49. The van der Waals surface area contributed by atoms with Crippen LogP contribution in [-0.4, -0.2) is 40.5 Å². The van der Waals surface area contributed by atoms with E-state index in [2.05, 4.69) is 9.83 Å². The summed E-state index contributed by atoms with van der Waals surface area (Å²) in [7, 11) is 0. The summed E-state index contributed by atoms with van der Waals surface area (Å²) in [6.45, 7) is 12.8. The first kappa shape index (κ1) is 23.3. The fourth-order valence-corrected chi connectivity index (χ4v) is 4.16. The van der Waals surface area contributed by atoms with Crippen LogP contribution in [0.3, 0.4) is 0 Å². The number of hydrogen-bond donors (Lipinski definition) is 0. The predicted molar refractivity (Wildman–Crippen MR) is 131 cm³/mol. The number of anilines is 1. The molecule has 2 aromatic carbocycles. The normalized spacial score (nSPS) is 14.9. The molecule has 1 fully saturated rings. The summed E-state index contributed by atoms with van der Waals surface area (Å²) in [5.41, 5.74) is 2.23. The molecule has 1 aromatic heterocycles. The third-order valence-corrected chi connectivity index (χ3v) is 6.45. The van der Waals surface area contributed by atoms with Crippen molar-refractivity contribution in [3.63, 3.8) is 0 Å². The molecule has 0 spiro atoms. The standard InChI is InChI=1S/C26H23ClN4O3/c1-17-22(10-9-21(28-4)23(17)27)31-24(32)26(2,3)30(25(31)33)15-16-34-20-7-5-18(6-8-20)19-11-13-29-14-12-19/h5-14H,15-16H2,1-3H3. The number of urea groups is 1. The number of benzene rings is 2. The van der Waals surface area contributed by atoms with Gasteiger partial charge in [-0.25, -0.2) is 14.5 Å². The molecule has 4 rings (SSSR count). The Kier molecular flexibility index (Phi) is 6.27. The predicted octanol–water partition coefficient (Wildman–Crippen LogP) is 5.89. The monoisotopic (exact) mass is 474 g/mol. The van der Waals surface area contributed by atoms with Gasteiger partial charge in [0, 0.05) is 12.4 Å². The zero-order chi connectivity index (χ0) is 24.5. The SMILES string of the molecule is [C-]#[N+]c1ccc(N2C(=O)N(CCOc3ccc(-c4ccncc4)cc3)C(C)(C)C2=O)c(C)c1Cl. The summed E-state index contributed by atoms with van der Waals surface area (Å²) < 4.78 is 5.86. The van der Waals surface area contributed by atoms with Gasteiger partial charge in [-0.3, -0.25) is 9.78 Å². The number of pyridine rings is 1. The summed E-state index contributed by atoms with van der Waals surface area (Å²) >= 11 is 6.28. The van der Waals surface area contributed by atoms with Crippen LogP contribution in [0.2, 0.25) is 5.02 Å². The van der Waals surface area contributed by atoms with Crippen LogP contribution in [-0.2, 0) is 4.79 Å². The minimum atomic E-state index is -1.05. The summed E-state index contributed by atoms with van der Waals surface area (Å²) in [5, 5.41) is 0.239. The Labute approximate surface area is 203 Å². The van der Waals surface area contributed by atoms with E-state index in [-0.39, 0.29) is 29.8 Å². The van der Waals surface area contributed by atoms with Crippen LogP contribution in [0.15, 0.2) is 60.9 Å². The number of nitrogens with zero attached hydrogens (tertiary/aromatic N) is 4. The molecule has 34 heavy (non-hydrogen) atoms. The van der Waals surface area contributed by atoms with Gasteiger partial charge in [-0.05, 0) is 67.8 Å². The third kappa shape index (κ3) is 4.09. The maximum atomic E-state index is 13.3. The molecule has 0 saturated carbocycles. The van der Waals surface area contributed by atoms with E-state index in [9.17, 15) is 9.59 Å². The largest absolute Gasteiger partial charge is 0.492 e. The van der Waals surface area contributed by atoms with Gasteiger partial charge in [0.15, 0.2) is 0 Å². The second-order valence-corrected chi connectivity index (χ2v) is 8.78. The van der Waals surface area contributed by atoms with Gasteiger partial charge in [0.2, 0.25) is 5.69 Å². The van der Waals surface area contributed by atoms with Crippen molar-refractivity contribution in [1.82, 2.24) is 9.88 Å². The summed E-state index contributed by atoms with van der Waals surface area (Å²) in [5.74, 6) is 0.316. The lowest BCUT2D eigenvalue weighted by atomic mass is 10.0. The topological polar surface area (TPSA) is 67.1 Å². The number of amides is 3. The van der Waals surface area contributed by atoms with E-state index in [1.807, 2.05) is 36.4 Å². The number of aromatic nitrogens is 1. The van der Waals surface area contributed by atoms with Gasteiger partial charge in [0.25, 0.3) is 5.91 Å². The third-order valence-electron chi connectivity index (χ3n) is 5.97. The fourth-order valence-electron chi connectivity index (χ4n) is 3.96. The Balaban J connectivity index is 1.47. The second kappa shape index (κ2) is 9.16. The molecule has 1 saturated heterocycles. The van der Waals surface area contributed by atoms with Gasteiger partial charge < -0.3 is 9.64 Å². The minimum absolute atomic E-state index is 0.224. The lowest BCUT2D eigenvalue weighted by Crippen LogP contribution is -2.46. The molecule has 3 aromatic rings. The Bertz CT molecular complexity index is 1280. The minimum Gasteiger partial charge on any atom is -0.492 e. The quantitative estimate of drug-likeness (QED) is 0.330. The zero-order valence-electron chi connectivity index (χ0n) is 19.1. The lowest BCUT2D eigenvalue weighted by Gasteiger charge is -2.27. The molecular formula is C26H23ClN4O3. The van der Waals surface area contributed by atoms with Crippen LogP contribution in [0, 0.1) is 13.5 Å². The van der Waals surface area contributed by atoms with Crippen LogP contribution in [0.25, 0.3) is 16.0 Å². The van der Waals surface area contributed by atoms with Crippen molar-refractivity contribution in [3.8, 4) is 16.9 Å². The average molecular weight is 475 g/mol. The second-order valence-electron chi connectivity index (χ2n) is 8.40. The van der Waals surface area contributed by atoms with Crippen molar-refractivity contribution in [2.24, 2.45) is 0 Å². The molecule has 7 nitrogen and oxygen atoms in total. The summed E-state index contributed by atoms with van der Waals surface area (Å²) in [6, 6.07) is 14.2. The number of rotatable bonds is 6. The van der Waals surface area contributed by atoms with Crippen molar-refractivity contribution in [2.45, 2.75) is 26.3 Å². The van der Waals surface area contributed by atoms with Crippen LogP contribution < -0.4 is 9.64 Å². The molecular weight excluding hydrogens is 452 g/mol. The molecule has 0 radical (unpaired) electrons. The van der Waals surface area contributed by atoms with Crippen LogP contribution in [0.4, 0.5) is 16.2 Å². The molecule has 2 heterocycles. The van der Waals surface area contributed by atoms with E-state index in [1.165, 1.54) is 11.0 Å². The van der Waals surface area contributed by atoms with E-state index in [0.717, 1.165) is 16.0 Å². The lowest BCUT2D eigenvalue weighted by molar-refractivity contribution is -0.123. The highest BCUT2D eigenvalue weighted by Crippen LogP contribution is 2.39. The van der Waals surface area contributed by atoms with Gasteiger partial charge >= 0.3 is 6.03 Å². The van der Waals surface area contributed by atoms with Crippen molar-refractivity contribution >= 4 is 34.9 Å². The van der Waals surface area contributed by atoms with Gasteiger partial charge in [0.05, 0.1) is 23.8 Å². The maximum Gasteiger partial charge on any atom is 0.332 e. The van der Waals surface area contributed by atoms with Gasteiger partial charge in [-0.2, -0.15) is 0 Å². The van der Waals surface area contributed by atoms with Crippen molar-refractivity contribution in [2.75, 3.05) is 18.1 Å². The number of halogens is 1. The molecule has 1 aliphatic heterocycles. The molecule has 8 heteroatoms. The first-order valence-corrected chi connectivity index (χ1v) is 11.1. The van der Waals surface area contributed by atoms with Crippen LogP contribution in [0.1, 0.15) is 19.4 Å². The average Bonchev–Trinajstić information content (AvgIpc) is 3.01. The molecule has 0 bridgehead atoms. The molecule has 3 amide bonds. The van der Waals surface area contributed by atoms with E-state index in [4.69, 9.17) is 22.9 Å². The van der Waals surface area contributed by atoms with Gasteiger partial charge in [-0.1, -0.05) is 29.8 Å². The highest BCUT2D eigenvalue weighted by atomic mass is 35.5. The highest BCUT2D eigenvalue weighted by Gasteiger charge is 2.52. The first-order chi connectivity index (χ1) is 16.3. The number of carbonyl (C=O) groups is 2. The van der Waals surface area contributed by atoms with E-state index in [1.54, 1.807) is 39.2 Å². The maximum absolute atomic E-state index is 13.3. The Morgan fingerprint density at radius 2 is 1.68 bits per heavy atom. The molecule has 0 N–H and O–H groups in total. The van der Waals surface area contributed by atoms with Gasteiger partial charge in [-0.15, -0.1) is 0 Å². The first-order valence-electron chi connectivity index (χ1n) is 10.7. The van der Waals surface area contributed by atoms with Gasteiger partial charge in [0.1, 0.15) is 17.9 Å². The highest BCUT2D eigenvalue weighted by molar-refractivity contribution is 6.35. The van der Waals surface area contributed by atoms with E-state index >= 15 is 0 Å².